The van der Waals surface area contributed by atoms with E-state index in [1.54, 1.807) is 10.7 Å². The fourth-order valence-electron chi connectivity index (χ4n) is 2.06. The quantitative estimate of drug-likeness (QED) is 0.685. The van der Waals surface area contributed by atoms with Crippen molar-refractivity contribution in [2.24, 2.45) is 0 Å². The van der Waals surface area contributed by atoms with E-state index in [2.05, 4.69) is 20.7 Å². The number of nitrogens with zero attached hydrogens (tertiary/aromatic N) is 3. The molecule has 0 aliphatic carbocycles. The number of aliphatic hydroxyl groups is 1. The lowest BCUT2D eigenvalue weighted by molar-refractivity contribution is 0.254. The Morgan fingerprint density at radius 1 is 1.23 bits per heavy atom. The van der Waals surface area contributed by atoms with Gasteiger partial charge in [-0.25, -0.2) is 14.3 Å². The summed E-state index contributed by atoms with van der Waals surface area (Å²) in [5.41, 5.74) is 3.21. The zero-order valence-corrected chi connectivity index (χ0v) is 11.9. The highest BCUT2D eigenvalue weighted by atomic mass is 16.3. The van der Waals surface area contributed by atoms with Gasteiger partial charge in [0.15, 0.2) is 11.5 Å². The van der Waals surface area contributed by atoms with Crippen LogP contribution in [0.1, 0.15) is 5.56 Å². The van der Waals surface area contributed by atoms with Crippen molar-refractivity contribution < 1.29 is 9.90 Å². The average Bonchev–Trinajstić information content (AvgIpc) is 2.96. The van der Waals surface area contributed by atoms with Crippen LogP contribution in [0.2, 0.25) is 0 Å². The number of imidazole rings is 1. The van der Waals surface area contributed by atoms with Crippen LogP contribution >= 0.6 is 0 Å². The normalized spacial score (nSPS) is 10.6. The number of carbonyl (C=O) groups excluding carboxylic acids is 1. The van der Waals surface area contributed by atoms with E-state index < -0.39 is 0 Å². The van der Waals surface area contributed by atoms with Gasteiger partial charge in [0.05, 0.1) is 18.5 Å². The van der Waals surface area contributed by atoms with E-state index >= 15 is 0 Å². The van der Waals surface area contributed by atoms with E-state index in [1.807, 2.05) is 36.4 Å². The van der Waals surface area contributed by atoms with Crippen LogP contribution in [0, 0.1) is 0 Å². The Morgan fingerprint density at radius 3 is 2.68 bits per heavy atom. The van der Waals surface area contributed by atoms with Crippen LogP contribution in [0.5, 0.6) is 0 Å². The van der Waals surface area contributed by atoms with Crippen molar-refractivity contribution in [3.05, 3.63) is 48.2 Å². The van der Waals surface area contributed by atoms with Gasteiger partial charge in [-0.3, -0.25) is 5.32 Å². The van der Waals surface area contributed by atoms with E-state index in [1.165, 1.54) is 7.05 Å². The number of amides is 2. The van der Waals surface area contributed by atoms with Gasteiger partial charge in [0.1, 0.15) is 0 Å². The maximum Gasteiger partial charge on any atom is 0.320 e. The Balaban J connectivity index is 1.93. The molecule has 3 N–H and O–H groups in total. The van der Waals surface area contributed by atoms with Crippen molar-refractivity contribution in [2.75, 3.05) is 12.4 Å². The Hall–Kier alpha value is -2.93. The van der Waals surface area contributed by atoms with Gasteiger partial charge in [0.25, 0.3) is 0 Å². The first kappa shape index (κ1) is 14.0. The molecule has 22 heavy (non-hydrogen) atoms. The molecular weight excluding hydrogens is 282 g/mol. The standard InChI is InChI=1S/C15H15N5O2/c1-16-15(22)18-13-8-20-14(17-13)7-6-12(19-20)11-4-2-10(9-21)3-5-11/h2-8,21H,9H2,1H3,(H2,16,18,22). The zero-order valence-electron chi connectivity index (χ0n) is 11.9. The Bertz CT molecular complexity index is 810. The summed E-state index contributed by atoms with van der Waals surface area (Å²) < 4.78 is 1.61. The minimum atomic E-state index is -0.330. The molecule has 0 unspecified atom stereocenters. The minimum absolute atomic E-state index is 0.0167. The van der Waals surface area contributed by atoms with E-state index in [0.717, 1.165) is 16.8 Å². The fourth-order valence-corrected chi connectivity index (χ4v) is 2.06. The maximum atomic E-state index is 11.3. The number of rotatable bonds is 3. The lowest BCUT2D eigenvalue weighted by Crippen LogP contribution is -2.24. The molecule has 0 aliphatic rings. The number of urea groups is 1. The Morgan fingerprint density at radius 2 is 2.00 bits per heavy atom. The van der Waals surface area contributed by atoms with Crippen molar-refractivity contribution in [3.8, 4) is 11.3 Å². The molecule has 0 saturated heterocycles. The summed E-state index contributed by atoms with van der Waals surface area (Å²) >= 11 is 0. The summed E-state index contributed by atoms with van der Waals surface area (Å²) in [6, 6.07) is 10.9. The number of benzene rings is 1. The van der Waals surface area contributed by atoms with Gasteiger partial charge in [-0.2, -0.15) is 5.10 Å². The zero-order chi connectivity index (χ0) is 15.5. The van der Waals surface area contributed by atoms with Gasteiger partial charge in [0, 0.05) is 12.6 Å². The van der Waals surface area contributed by atoms with Crippen LogP contribution in [0.4, 0.5) is 10.6 Å². The van der Waals surface area contributed by atoms with Crippen LogP contribution in [-0.4, -0.2) is 32.8 Å². The summed E-state index contributed by atoms with van der Waals surface area (Å²) in [4.78, 5) is 15.6. The molecule has 0 spiro atoms. The number of hydrogen-bond acceptors (Lipinski definition) is 4. The molecule has 7 heteroatoms. The molecule has 0 saturated carbocycles. The van der Waals surface area contributed by atoms with Gasteiger partial charge in [0.2, 0.25) is 0 Å². The van der Waals surface area contributed by atoms with Gasteiger partial charge in [-0.15, -0.1) is 0 Å². The van der Waals surface area contributed by atoms with Crippen LogP contribution < -0.4 is 10.6 Å². The van der Waals surface area contributed by atoms with Crippen molar-refractivity contribution in [2.45, 2.75) is 6.61 Å². The molecule has 0 radical (unpaired) electrons. The van der Waals surface area contributed by atoms with Crippen LogP contribution in [0.25, 0.3) is 16.9 Å². The molecule has 0 bridgehead atoms. The summed E-state index contributed by atoms with van der Waals surface area (Å²) in [5, 5.41) is 18.6. The van der Waals surface area contributed by atoms with Gasteiger partial charge in [-0.05, 0) is 17.7 Å². The first-order valence-corrected chi connectivity index (χ1v) is 6.75. The highest BCUT2D eigenvalue weighted by molar-refractivity contribution is 5.88. The molecule has 2 aromatic heterocycles. The third-order valence-corrected chi connectivity index (χ3v) is 3.22. The number of carbonyl (C=O) groups is 1. The molecule has 2 heterocycles. The number of aliphatic hydroxyl groups excluding tert-OH is 1. The first-order valence-electron chi connectivity index (χ1n) is 6.75. The second-order valence-corrected chi connectivity index (χ2v) is 4.71. The molecule has 2 amide bonds. The molecule has 3 rings (SSSR count). The van der Waals surface area contributed by atoms with Crippen molar-refractivity contribution in [1.82, 2.24) is 19.9 Å². The lowest BCUT2D eigenvalue weighted by atomic mass is 10.1. The molecule has 7 nitrogen and oxygen atoms in total. The summed E-state index contributed by atoms with van der Waals surface area (Å²) in [6.45, 7) is 0.0167. The molecule has 0 atom stereocenters. The van der Waals surface area contributed by atoms with Gasteiger partial charge >= 0.3 is 6.03 Å². The highest BCUT2D eigenvalue weighted by Gasteiger charge is 2.07. The molecular formula is C15H15N5O2. The third kappa shape index (κ3) is 2.75. The SMILES string of the molecule is CNC(=O)Nc1cn2nc(-c3ccc(CO)cc3)ccc2n1. The third-order valence-electron chi connectivity index (χ3n) is 3.22. The smallest absolute Gasteiger partial charge is 0.320 e. The first-order chi connectivity index (χ1) is 10.7. The second-order valence-electron chi connectivity index (χ2n) is 4.71. The van der Waals surface area contributed by atoms with E-state index in [4.69, 9.17) is 5.11 Å². The van der Waals surface area contributed by atoms with Crippen LogP contribution in [0.3, 0.4) is 0 Å². The Labute approximate surface area is 126 Å². The number of anilines is 1. The predicted molar refractivity (Wildman–Crippen MR) is 82.4 cm³/mol. The van der Waals surface area contributed by atoms with E-state index in [-0.39, 0.29) is 12.6 Å². The average molecular weight is 297 g/mol. The Kier molecular flexibility index (Phi) is 3.71. The highest BCUT2D eigenvalue weighted by Crippen LogP contribution is 2.19. The number of fused-ring (bicyclic) bond motifs is 1. The molecule has 0 aliphatic heterocycles. The monoisotopic (exact) mass is 297 g/mol. The fraction of sp³-hybridized carbons (Fsp3) is 0.133. The largest absolute Gasteiger partial charge is 0.392 e. The maximum absolute atomic E-state index is 11.3. The topological polar surface area (TPSA) is 91.6 Å². The minimum Gasteiger partial charge on any atom is -0.392 e. The van der Waals surface area contributed by atoms with E-state index in [9.17, 15) is 4.79 Å². The van der Waals surface area contributed by atoms with Crippen molar-refractivity contribution in [1.29, 1.82) is 0 Å². The van der Waals surface area contributed by atoms with Crippen LogP contribution in [-0.2, 0) is 6.61 Å². The van der Waals surface area contributed by atoms with Crippen molar-refractivity contribution in [3.63, 3.8) is 0 Å². The number of aromatic nitrogens is 3. The van der Waals surface area contributed by atoms with Crippen molar-refractivity contribution >= 4 is 17.5 Å². The second kappa shape index (κ2) is 5.82. The predicted octanol–water partition coefficient (Wildman–Crippen LogP) is 1.64. The summed E-state index contributed by atoms with van der Waals surface area (Å²) in [6.07, 6.45) is 1.65. The molecule has 3 aromatic rings. The molecule has 1 aromatic carbocycles. The summed E-state index contributed by atoms with van der Waals surface area (Å²) in [5.74, 6) is 0.430. The number of hydrogen-bond donors (Lipinski definition) is 3. The molecule has 112 valence electrons. The van der Waals surface area contributed by atoms with E-state index in [0.29, 0.717) is 11.5 Å². The van der Waals surface area contributed by atoms with Gasteiger partial charge < -0.3 is 10.4 Å². The molecule has 0 fully saturated rings. The number of nitrogens with one attached hydrogen (secondary N) is 2. The lowest BCUT2D eigenvalue weighted by Gasteiger charge is -2.02. The van der Waals surface area contributed by atoms with Crippen LogP contribution in [0.15, 0.2) is 42.6 Å². The van der Waals surface area contributed by atoms with Gasteiger partial charge in [-0.1, -0.05) is 24.3 Å². The summed E-state index contributed by atoms with van der Waals surface area (Å²) in [7, 11) is 1.54.